The van der Waals surface area contributed by atoms with Gasteiger partial charge in [-0.3, -0.25) is 4.79 Å². The molecule has 7 nitrogen and oxygen atoms in total. The predicted octanol–water partition coefficient (Wildman–Crippen LogP) is 2.19. The van der Waals surface area contributed by atoms with E-state index >= 15 is 0 Å². The van der Waals surface area contributed by atoms with Gasteiger partial charge in [-0.2, -0.15) is 0 Å². The topological polar surface area (TPSA) is 76.7 Å². The summed E-state index contributed by atoms with van der Waals surface area (Å²) in [6.07, 6.45) is 0. The Morgan fingerprint density at radius 2 is 1.93 bits per heavy atom. The van der Waals surface area contributed by atoms with E-state index in [1.165, 1.54) is 6.07 Å². The molecule has 1 fully saturated rings. The first-order chi connectivity index (χ1) is 13.0. The van der Waals surface area contributed by atoms with E-state index in [2.05, 4.69) is 16.1 Å². The van der Waals surface area contributed by atoms with Gasteiger partial charge in [-0.05, 0) is 39.8 Å². The smallest absolute Gasteiger partial charge is 0.322 e. The number of hydrogen-bond acceptors (Lipinski definition) is 4. The van der Waals surface area contributed by atoms with Gasteiger partial charge < -0.3 is 20.5 Å². The molecule has 1 aromatic carbocycles. The van der Waals surface area contributed by atoms with Crippen LogP contribution in [0.2, 0.25) is 0 Å². The molecule has 0 aliphatic carbocycles. The van der Waals surface area contributed by atoms with Gasteiger partial charge in [0.05, 0.1) is 30.4 Å². The van der Waals surface area contributed by atoms with Crippen LogP contribution in [-0.2, 0) is 4.79 Å². The number of benzene rings is 1. The zero-order valence-electron chi connectivity index (χ0n) is 16.4. The van der Waals surface area contributed by atoms with E-state index in [0.717, 1.165) is 17.8 Å². The highest BCUT2D eigenvalue weighted by atomic mass is 19.2. The number of rotatable bonds is 2. The fraction of sp³-hybridized carbons (Fsp3) is 0.474. The average Bonchev–Trinajstić information content (AvgIpc) is 2.98. The molecule has 1 atom stereocenters. The van der Waals surface area contributed by atoms with E-state index in [1.807, 2.05) is 32.7 Å². The van der Waals surface area contributed by atoms with Crippen LogP contribution < -0.4 is 16.1 Å². The molecular formula is C19H25F2N5O2. The molecule has 0 radical (unpaired) electrons. The Labute approximate surface area is 162 Å². The Hall–Kier alpha value is -2.68. The van der Waals surface area contributed by atoms with Crippen molar-refractivity contribution in [3.8, 4) is 0 Å². The maximum atomic E-state index is 13.4. The van der Waals surface area contributed by atoms with Crippen LogP contribution in [0.1, 0.15) is 27.7 Å². The van der Waals surface area contributed by atoms with E-state index in [9.17, 15) is 18.4 Å². The number of anilines is 1. The third kappa shape index (κ3) is 4.24. The van der Waals surface area contributed by atoms with E-state index in [0.29, 0.717) is 18.7 Å². The molecule has 0 aromatic heterocycles. The summed E-state index contributed by atoms with van der Waals surface area (Å²) in [7, 11) is 0. The number of urea groups is 1. The van der Waals surface area contributed by atoms with Gasteiger partial charge in [0.15, 0.2) is 11.6 Å². The van der Waals surface area contributed by atoms with Crippen molar-refractivity contribution in [2.75, 3.05) is 25.0 Å². The van der Waals surface area contributed by atoms with E-state index in [1.54, 1.807) is 4.90 Å². The zero-order valence-corrected chi connectivity index (χ0v) is 16.4. The lowest BCUT2D eigenvalue weighted by atomic mass is 10.1. The Balaban J connectivity index is 1.77. The molecule has 3 amide bonds. The molecule has 3 rings (SSSR count). The summed E-state index contributed by atoms with van der Waals surface area (Å²) in [4.78, 5) is 26.9. The monoisotopic (exact) mass is 393 g/mol. The fourth-order valence-corrected chi connectivity index (χ4v) is 3.24. The van der Waals surface area contributed by atoms with Crippen LogP contribution in [0.3, 0.4) is 0 Å². The molecule has 2 aliphatic heterocycles. The second kappa shape index (κ2) is 7.38. The molecule has 0 saturated carbocycles. The Bertz CT molecular complexity index is 834. The van der Waals surface area contributed by atoms with Crippen LogP contribution in [-0.4, -0.2) is 53.1 Å². The second-order valence-electron chi connectivity index (χ2n) is 8.11. The third-order valence-electron chi connectivity index (χ3n) is 4.61. The van der Waals surface area contributed by atoms with Gasteiger partial charge in [-0.1, -0.05) is 0 Å². The van der Waals surface area contributed by atoms with Crippen molar-refractivity contribution in [2.24, 2.45) is 0 Å². The Morgan fingerprint density at radius 3 is 2.57 bits per heavy atom. The lowest BCUT2D eigenvalue weighted by Gasteiger charge is -2.40. The largest absolute Gasteiger partial charge is 0.348 e. The highest BCUT2D eigenvalue weighted by Gasteiger charge is 2.37. The summed E-state index contributed by atoms with van der Waals surface area (Å²) in [6.45, 7) is 8.73. The summed E-state index contributed by atoms with van der Waals surface area (Å²) >= 11 is 0. The van der Waals surface area contributed by atoms with Crippen molar-refractivity contribution in [3.63, 3.8) is 0 Å². The molecule has 0 spiro atoms. The standard InChI is InChI=1S/C19H25F2N5O2/c1-11-9-26-16(13(8-22-26)17(27)24-19(2,3)4)10-25(11)18(28)23-12-5-6-14(20)15(21)7-12/h5-7,11,22H,8-10H2,1-4H3,(H,23,28)(H,24,27)/t11-/m0/s1. The van der Waals surface area contributed by atoms with Gasteiger partial charge >= 0.3 is 6.03 Å². The summed E-state index contributed by atoms with van der Waals surface area (Å²) in [5, 5.41) is 7.42. The molecule has 3 N–H and O–H groups in total. The van der Waals surface area contributed by atoms with Crippen molar-refractivity contribution in [1.29, 1.82) is 0 Å². The van der Waals surface area contributed by atoms with Gasteiger partial charge in [-0.15, -0.1) is 0 Å². The minimum atomic E-state index is -1.03. The number of fused-ring (bicyclic) bond motifs is 1. The van der Waals surface area contributed by atoms with Gasteiger partial charge in [0.2, 0.25) is 0 Å². The number of amides is 3. The first-order valence-electron chi connectivity index (χ1n) is 9.13. The van der Waals surface area contributed by atoms with E-state index in [4.69, 9.17) is 0 Å². The Kier molecular flexibility index (Phi) is 5.29. The highest BCUT2D eigenvalue weighted by Crippen LogP contribution is 2.25. The fourth-order valence-electron chi connectivity index (χ4n) is 3.24. The van der Waals surface area contributed by atoms with Crippen LogP contribution in [0, 0.1) is 11.6 Å². The number of piperazine rings is 1. The number of carbonyl (C=O) groups excluding carboxylic acids is 2. The summed E-state index contributed by atoms with van der Waals surface area (Å²) in [6, 6.07) is 2.62. The predicted molar refractivity (Wildman–Crippen MR) is 101 cm³/mol. The minimum absolute atomic E-state index is 0.147. The lowest BCUT2D eigenvalue weighted by molar-refractivity contribution is -0.118. The van der Waals surface area contributed by atoms with Crippen LogP contribution in [0.5, 0.6) is 0 Å². The molecule has 1 aromatic rings. The summed E-state index contributed by atoms with van der Waals surface area (Å²) < 4.78 is 26.5. The summed E-state index contributed by atoms with van der Waals surface area (Å²) in [5.74, 6) is -2.18. The van der Waals surface area contributed by atoms with Gasteiger partial charge in [-0.25, -0.2) is 19.0 Å². The van der Waals surface area contributed by atoms with Crippen molar-refractivity contribution < 1.29 is 18.4 Å². The zero-order chi connectivity index (χ0) is 20.6. The molecule has 28 heavy (non-hydrogen) atoms. The SMILES string of the molecule is C[C@H]1CN2NCC(C(=O)NC(C)(C)C)=C2CN1C(=O)Nc1ccc(F)c(F)c1. The van der Waals surface area contributed by atoms with Crippen molar-refractivity contribution in [2.45, 2.75) is 39.3 Å². The number of nitrogens with one attached hydrogen (secondary N) is 3. The molecular weight excluding hydrogens is 368 g/mol. The maximum Gasteiger partial charge on any atom is 0.322 e. The van der Waals surface area contributed by atoms with Crippen LogP contribution >= 0.6 is 0 Å². The number of halogens is 2. The van der Waals surface area contributed by atoms with E-state index < -0.39 is 17.7 Å². The first kappa shape index (κ1) is 20.1. The number of hydrogen-bond donors (Lipinski definition) is 3. The van der Waals surface area contributed by atoms with Crippen LogP contribution in [0.25, 0.3) is 0 Å². The normalized spacial score (nSPS) is 19.6. The molecule has 152 valence electrons. The average molecular weight is 393 g/mol. The van der Waals surface area contributed by atoms with Gasteiger partial charge in [0.1, 0.15) is 0 Å². The highest BCUT2D eigenvalue weighted by molar-refractivity contribution is 5.96. The molecule has 1 saturated heterocycles. The number of hydrazine groups is 1. The van der Waals surface area contributed by atoms with Gasteiger partial charge in [0.25, 0.3) is 5.91 Å². The quantitative estimate of drug-likeness (QED) is 0.720. The van der Waals surface area contributed by atoms with Crippen LogP contribution in [0.4, 0.5) is 19.3 Å². The molecule has 2 aliphatic rings. The first-order valence-corrected chi connectivity index (χ1v) is 9.13. The molecule has 2 heterocycles. The van der Waals surface area contributed by atoms with E-state index in [-0.39, 0.29) is 29.7 Å². The minimum Gasteiger partial charge on any atom is -0.348 e. The number of nitrogens with zero attached hydrogens (tertiary/aromatic N) is 2. The van der Waals surface area contributed by atoms with Gasteiger partial charge in [0, 0.05) is 23.8 Å². The Morgan fingerprint density at radius 1 is 1.21 bits per heavy atom. The second-order valence-corrected chi connectivity index (χ2v) is 8.11. The molecule has 0 unspecified atom stereocenters. The van der Waals surface area contributed by atoms with Crippen molar-refractivity contribution >= 4 is 17.6 Å². The van der Waals surface area contributed by atoms with Crippen molar-refractivity contribution in [1.82, 2.24) is 20.7 Å². The summed E-state index contributed by atoms with van der Waals surface area (Å²) in [5.41, 5.74) is 4.30. The molecule has 9 heteroatoms. The lowest BCUT2D eigenvalue weighted by Crippen LogP contribution is -2.55. The molecule has 0 bridgehead atoms. The van der Waals surface area contributed by atoms with Crippen molar-refractivity contribution in [3.05, 3.63) is 41.1 Å². The third-order valence-corrected chi connectivity index (χ3v) is 4.61. The van der Waals surface area contributed by atoms with Crippen LogP contribution in [0.15, 0.2) is 29.5 Å². The maximum absolute atomic E-state index is 13.4. The number of carbonyl (C=O) groups is 2.